The van der Waals surface area contributed by atoms with E-state index >= 15 is 0 Å². The van der Waals surface area contributed by atoms with Crippen molar-refractivity contribution < 1.29 is 49.3 Å². The molecule has 0 aromatic rings. The molecule has 1 aliphatic rings. The number of esters is 1. The van der Waals surface area contributed by atoms with Gasteiger partial charge in [-0.1, -0.05) is 237 Å². The second-order valence-electron chi connectivity index (χ2n) is 19.4. The molecule has 0 aliphatic carbocycles. The average Bonchev–Trinajstić information content (AvgIpc) is 3.43. The molecule has 0 bridgehead atoms. The van der Waals surface area contributed by atoms with Gasteiger partial charge in [-0.15, -0.1) is 0 Å². The standard InChI is InChI=1S/C66H103NO10/c1-4-7-10-13-16-19-22-24-26-28-29-30-32-33-35-38-41-44-47-50-53-59(70)65(74)67-57(58(69)52-49-46-43-40-37-21-18-15-12-9-6-3)56-75-66-64(63(73)62(72)60(55-68)76-66)77-61(71)54-51-48-45-42-39-36-34-31-27-25-23-20-17-14-11-8-5-2/h7-8,10-11,14,16-17,19-20,23-27,29-31,33-36,39,41,44,49,52,57-60,62-64,66,68-70,72-73H,4-6,9,12-13,15,18,21-22,28,32,37-38,40,42-43,45-48,50-51,53-56H2,1-3H3,(H,67,74)/b10-7-,11-8-,17-14+,19-16-,23-20+,26-24-,27-25-,30-29-,34-31+,35-33-,39-36+,44-41-,52-49+. The van der Waals surface area contributed by atoms with Crippen LogP contribution < -0.4 is 5.32 Å². The molecular formula is C66H103NO10. The summed E-state index contributed by atoms with van der Waals surface area (Å²) in [5, 5.41) is 56.8. The maximum atomic E-state index is 13.4. The Morgan fingerprint density at radius 1 is 0.532 bits per heavy atom. The molecule has 6 N–H and O–H groups in total. The fraction of sp³-hybridized carbons (Fsp3) is 0.576. The van der Waals surface area contributed by atoms with E-state index in [-0.39, 0.29) is 19.4 Å². The van der Waals surface area contributed by atoms with Crippen LogP contribution in [0.3, 0.4) is 0 Å². The zero-order valence-electron chi connectivity index (χ0n) is 47.5. The molecule has 0 aromatic heterocycles. The first-order valence-corrected chi connectivity index (χ1v) is 29.3. The predicted molar refractivity (Wildman–Crippen MR) is 319 cm³/mol. The fourth-order valence-electron chi connectivity index (χ4n) is 7.98. The molecule has 1 aliphatic heterocycles. The lowest BCUT2D eigenvalue weighted by Crippen LogP contribution is -2.61. The van der Waals surface area contributed by atoms with Crippen molar-refractivity contribution in [2.24, 2.45) is 0 Å². The van der Waals surface area contributed by atoms with Crippen molar-refractivity contribution in [3.63, 3.8) is 0 Å². The summed E-state index contributed by atoms with van der Waals surface area (Å²) in [6, 6.07) is -1.07. The van der Waals surface area contributed by atoms with Crippen LogP contribution in [-0.2, 0) is 23.8 Å². The van der Waals surface area contributed by atoms with Gasteiger partial charge >= 0.3 is 5.97 Å². The fourth-order valence-corrected chi connectivity index (χ4v) is 7.98. The number of aliphatic hydroxyl groups is 5. The quantitative estimate of drug-likeness (QED) is 0.0149. The van der Waals surface area contributed by atoms with E-state index in [0.717, 1.165) is 89.9 Å². The van der Waals surface area contributed by atoms with Gasteiger partial charge in [0.25, 0.3) is 0 Å². The molecule has 1 saturated heterocycles. The molecule has 11 nitrogen and oxygen atoms in total. The number of hydrogen-bond acceptors (Lipinski definition) is 10. The zero-order chi connectivity index (χ0) is 56.1. The predicted octanol–water partition coefficient (Wildman–Crippen LogP) is 13.6. The minimum absolute atomic E-state index is 0.0562. The minimum Gasteiger partial charge on any atom is -0.454 e. The molecule has 0 radical (unpaired) electrons. The molecule has 432 valence electrons. The van der Waals surface area contributed by atoms with Gasteiger partial charge in [0, 0.05) is 6.42 Å². The molecule has 1 fully saturated rings. The maximum absolute atomic E-state index is 13.4. The van der Waals surface area contributed by atoms with Crippen molar-refractivity contribution in [2.45, 2.75) is 230 Å². The largest absolute Gasteiger partial charge is 0.454 e. The molecule has 0 aromatic carbocycles. The van der Waals surface area contributed by atoms with Gasteiger partial charge < -0.3 is 45.1 Å². The summed E-state index contributed by atoms with van der Waals surface area (Å²) in [5.74, 6) is -1.30. The van der Waals surface area contributed by atoms with Crippen LogP contribution in [-0.4, -0.2) is 99.6 Å². The average molecular weight is 1070 g/mol. The Bertz CT molecular complexity index is 1850. The molecule has 1 amide bonds. The van der Waals surface area contributed by atoms with Crippen LogP contribution in [0.15, 0.2) is 158 Å². The summed E-state index contributed by atoms with van der Waals surface area (Å²) in [6.45, 7) is 5.43. The van der Waals surface area contributed by atoms with Gasteiger partial charge in [-0.05, 0) is 96.3 Å². The highest BCUT2D eigenvalue weighted by atomic mass is 16.7. The van der Waals surface area contributed by atoms with Crippen LogP contribution in [0.5, 0.6) is 0 Å². The zero-order valence-corrected chi connectivity index (χ0v) is 47.5. The monoisotopic (exact) mass is 1070 g/mol. The van der Waals surface area contributed by atoms with Gasteiger partial charge in [-0.3, -0.25) is 9.59 Å². The van der Waals surface area contributed by atoms with E-state index in [1.807, 2.05) is 72.9 Å². The normalized spacial score (nSPS) is 20.2. The third-order valence-electron chi connectivity index (χ3n) is 12.6. The number of allylic oxidation sites excluding steroid dienone is 25. The van der Waals surface area contributed by atoms with E-state index < -0.39 is 67.4 Å². The lowest BCUT2D eigenvalue weighted by molar-refractivity contribution is -0.305. The van der Waals surface area contributed by atoms with Crippen molar-refractivity contribution in [3.05, 3.63) is 158 Å². The summed E-state index contributed by atoms with van der Waals surface area (Å²) in [4.78, 5) is 26.5. The topological polar surface area (TPSA) is 175 Å². The van der Waals surface area contributed by atoms with Gasteiger partial charge in [0.1, 0.15) is 24.4 Å². The van der Waals surface area contributed by atoms with E-state index in [4.69, 9.17) is 14.2 Å². The third-order valence-corrected chi connectivity index (χ3v) is 12.6. The number of nitrogens with one attached hydrogen (secondary N) is 1. The summed E-state index contributed by atoms with van der Waals surface area (Å²) >= 11 is 0. The summed E-state index contributed by atoms with van der Waals surface area (Å²) in [7, 11) is 0. The molecule has 0 spiro atoms. The van der Waals surface area contributed by atoms with Crippen LogP contribution in [0.25, 0.3) is 0 Å². The van der Waals surface area contributed by atoms with Crippen LogP contribution in [0.4, 0.5) is 0 Å². The van der Waals surface area contributed by atoms with E-state index in [2.05, 4.69) is 105 Å². The van der Waals surface area contributed by atoms with Gasteiger partial charge in [0.15, 0.2) is 12.4 Å². The number of carbonyl (C=O) groups is 2. The summed E-state index contributed by atoms with van der Waals surface area (Å²) in [6.07, 6.45) is 65.7. The Balaban J connectivity index is 2.78. The second kappa shape index (κ2) is 52.0. The molecule has 1 heterocycles. The Morgan fingerprint density at radius 2 is 1.00 bits per heavy atom. The van der Waals surface area contributed by atoms with Crippen molar-refractivity contribution in [1.29, 1.82) is 0 Å². The number of unbranched alkanes of at least 4 members (excludes halogenated alkanes) is 13. The molecule has 77 heavy (non-hydrogen) atoms. The van der Waals surface area contributed by atoms with E-state index in [0.29, 0.717) is 19.3 Å². The smallest absolute Gasteiger partial charge is 0.306 e. The van der Waals surface area contributed by atoms with Crippen molar-refractivity contribution >= 4 is 11.9 Å². The second-order valence-corrected chi connectivity index (χ2v) is 19.4. The summed E-state index contributed by atoms with van der Waals surface area (Å²) in [5.41, 5.74) is 0. The van der Waals surface area contributed by atoms with Crippen molar-refractivity contribution in [2.75, 3.05) is 13.2 Å². The van der Waals surface area contributed by atoms with Crippen LogP contribution in [0, 0.1) is 0 Å². The molecule has 8 atom stereocenters. The van der Waals surface area contributed by atoms with Crippen molar-refractivity contribution in [3.8, 4) is 0 Å². The first-order chi connectivity index (χ1) is 37.7. The molecule has 0 saturated carbocycles. The Morgan fingerprint density at radius 3 is 1.55 bits per heavy atom. The first-order valence-electron chi connectivity index (χ1n) is 29.3. The SMILES string of the molecule is CC\C=C/C=C/C=C/C=C\C=C\C=C\CCCCCC(=O)OC1C(OCC(NC(=O)C(O)CCC/C=C\C/C=C\C/C=C\C/C=C\C/C=C\C/C=C\CC)C(O)/C=C/CCCCCCCCCCC)OC(CO)C(O)C1O. The highest BCUT2D eigenvalue weighted by molar-refractivity contribution is 5.80. The minimum atomic E-state index is -1.65. The van der Waals surface area contributed by atoms with Crippen LogP contribution in [0.1, 0.15) is 181 Å². The Kier molecular flexibility index (Phi) is 47.5. The number of ether oxygens (including phenoxy) is 3. The highest BCUT2D eigenvalue weighted by Crippen LogP contribution is 2.26. The number of rotatable bonds is 46. The van der Waals surface area contributed by atoms with Gasteiger partial charge in [-0.25, -0.2) is 0 Å². The molecule has 8 unspecified atom stereocenters. The van der Waals surface area contributed by atoms with Crippen LogP contribution >= 0.6 is 0 Å². The number of amides is 1. The molecular weight excluding hydrogens is 967 g/mol. The number of aliphatic hydroxyl groups excluding tert-OH is 5. The van der Waals surface area contributed by atoms with E-state index in [1.54, 1.807) is 6.08 Å². The number of carbonyl (C=O) groups excluding carboxylic acids is 2. The lowest BCUT2D eigenvalue weighted by Gasteiger charge is -2.41. The van der Waals surface area contributed by atoms with E-state index in [1.165, 1.54) is 38.5 Å². The third kappa shape index (κ3) is 40.2. The van der Waals surface area contributed by atoms with Crippen LogP contribution in [0.2, 0.25) is 0 Å². The van der Waals surface area contributed by atoms with Crippen molar-refractivity contribution in [1.82, 2.24) is 5.32 Å². The maximum Gasteiger partial charge on any atom is 0.306 e. The Labute approximate surface area is 466 Å². The Hall–Kier alpha value is -4.72. The van der Waals surface area contributed by atoms with E-state index in [9.17, 15) is 35.1 Å². The molecule has 1 rings (SSSR count). The van der Waals surface area contributed by atoms with Gasteiger partial charge in [-0.2, -0.15) is 0 Å². The van der Waals surface area contributed by atoms with Gasteiger partial charge in [0.05, 0.1) is 25.4 Å². The first kappa shape index (κ1) is 70.3. The molecule has 11 heteroatoms. The highest BCUT2D eigenvalue weighted by Gasteiger charge is 2.47. The number of hydrogen-bond donors (Lipinski definition) is 6. The summed E-state index contributed by atoms with van der Waals surface area (Å²) < 4.78 is 17.5. The lowest BCUT2D eigenvalue weighted by atomic mass is 9.99. The van der Waals surface area contributed by atoms with Gasteiger partial charge in [0.2, 0.25) is 5.91 Å².